The van der Waals surface area contributed by atoms with Crippen molar-refractivity contribution in [1.82, 2.24) is 30.4 Å². The third kappa shape index (κ3) is 4.60. The lowest BCUT2D eigenvalue weighted by Gasteiger charge is -2.18. The first-order chi connectivity index (χ1) is 15.7. The standard InChI is InChI=1S/C21H23F2N7O3/c1-30(2)21(33)10-6-14(15(31)7-10)27-18-16-17(28-29-19(16)26-9-25-18)20(32)24-8-11-5-12(22)3-4-13(11)23/h3-5,9-10,14-15,31H,6-8H2,1-2H3,(H,24,32)(H2,25,26,27,28,29)/t10-,14-,15-/m1/s1. The van der Waals surface area contributed by atoms with Gasteiger partial charge in [0, 0.05) is 32.1 Å². The molecule has 2 amide bonds. The number of aromatic amines is 1. The van der Waals surface area contributed by atoms with Gasteiger partial charge in [-0.3, -0.25) is 14.7 Å². The molecule has 4 N–H and O–H groups in total. The van der Waals surface area contributed by atoms with Gasteiger partial charge in [-0.2, -0.15) is 5.10 Å². The molecule has 1 aliphatic rings. The average molecular weight is 459 g/mol. The Bertz CT molecular complexity index is 1200. The zero-order valence-electron chi connectivity index (χ0n) is 18.0. The molecule has 1 aromatic carbocycles. The van der Waals surface area contributed by atoms with E-state index in [9.17, 15) is 23.5 Å². The maximum absolute atomic E-state index is 13.9. The van der Waals surface area contributed by atoms with E-state index in [1.165, 1.54) is 11.2 Å². The fourth-order valence-electron chi connectivity index (χ4n) is 3.99. The third-order valence-corrected chi connectivity index (χ3v) is 5.67. The van der Waals surface area contributed by atoms with Crippen LogP contribution in [0.2, 0.25) is 0 Å². The minimum atomic E-state index is -0.788. The van der Waals surface area contributed by atoms with Crippen LogP contribution in [-0.4, -0.2) is 68.2 Å². The van der Waals surface area contributed by atoms with E-state index >= 15 is 0 Å². The molecule has 0 unspecified atom stereocenters. The molecule has 1 saturated carbocycles. The fraction of sp³-hybridized carbons (Fsp3) is 0.381. The summed E-state index contributed by atoms with van der Waals surface area (Å²) in [4.78, 5) is 34.8. The molecule has 1 fully saturated rings. The lowest BCUT2D eigenvalue weighted by atomic mass is 10.1. The van der Waals surface area contributed by atoms with Gasteiger partial charge in [-0.15, -0.1) is 0 Å². The van der Waals surface area contributed by atoms with Crippen LogP contribution in [0, 0.1) is 17.6 Å². The number of rotatable bonds is 6. The number of hydrogen-bond donors (Lipinski definition) is 4. The first kappa shape index (κ1) is 22.5. The molecule has 10 nitrogen and oxygen atoms in total. The molecule has 3 atom stereocenters. The largest absolute Gasteiger partial charge is 0.391 e. The van der Waals surface area contributed by atoms with Crippen molar-refractivity contribution in [3.63, 3.8) is 0 Å². The van der Waals surface area contributed by atoms with Gasteiger partial charge in [-0.1, -0.05) is 0 Å². The molecule has 1 aliphatic carbocycles. The van der Waals surface area contributed by atoms with Crippen LogP contribution in [0.4, 0.5) is 14.6 Å². The Morgan fingerprint density at radius 1 is 1.24 bits per heavy atom. The SMILES string of the molecule is CN(C)C(=O)[C@H]1C[C@@H](O)[C@H](Nc2ncnc3n[nH]c(C(=O)NCc4cc(F)ccc4F)c23)C1. The molecule has 2 aromatic heterocycles. The molecule has 33 heavy (non-hydrogen) atoms. The van der Waals surface area contributed by atoms with E-state index in [1.54, 1.807) is 14.1 Å². The predicted molar refractivity (Wildman–Crippen MR) is 114 cm³/mol. The monoisotopic (exact) mass is 459 g/mol. The molecule has 12 heteroatoms. The van der Waals surface area contributed by atoms with Crippen LogP contribution >= 0.6 is 0 Å². The normalized spacial score (nSPS) is 20.1. The number of carbonyl (C=O) groups is 2. The Morgan fingerprint density at radius 2 is 2.03 bits per heavy atom. The molecular formula is C21H23F2N7O3. The van der Waals surface area contributed by atoms with Crippen LogP contribution in [0.3, 0.4) is 0 Å². The van der Waals surface area contributed by atoms with Gasteiger partial charge >= 0.3 is 0 Å². The number of H-pyrrole nitrogens is 1. The van der Waals surface area contributed by atoms with Gasteiger partial charge in [-0.25, -0.2) is 18.7 Å². The molecule has 0 radical (unpaired) electrons. The number of aromatic nitrogens is 4. The summed E-state index contributed by atoms with van der Waals surface area (Å²) in [6, 6.07) is 2.51. The first-order valence-corrected chi connectivity index (χ1v) is 10.3. The van der Waals surface area contributed by atoms with Crippen LogP contribution in [0.5, 0.6) is 0 Å². The third-order valence-electron chi connectivity index (χ3n) is 5.67. The summed E-state index contributed by atoms with van der Waals surface area (Å²) in [5.41, 5.74) is 0.230. The van der Waals surface area contributed by atoms with Crippen molar-refractivity contribution in [2.75, 3.05) is 19.4 Å². The zero-order valence-corrected chi connectivity index (χ0v) is 18.0. The Morgan fingerprint density at radius 3 is 2.79 bits per heavy atom. The van der Waals surface area contributed by atoms with E-state index < -0.39 is 29.7 Å². The van der Waals surface area contributed by atoms with E-state index in [2.05, 4.69) is 30.8 Å². The Kier molecular flexibility index (Phi) is 6.18. The first-order valence-electron chi connectivity index (χ1n) is 10.3. The van der Waals surface area contributed by atoms with E-state index in [-0.39, 0.29) is 46.5 Å². The Hall–Kier alpha value is -3.67. The number of carbonyl (C=O) groups excluding carboxylic acids is 2. The van der Waals surface area contributed by atoms with Crippen LogP contribution in [0.15, 0.2) is 24.5 Å². The van der Waals surface area contributed by atoms with Crippen molar-refractivity contribution < 1.29 is 23.5 Å². The summed E-state index contributed by atoms with van der Waals surface area (Å²) in [5, 5.41) is 23.0. The fourth-order valence-corrected chi connectivity index (χ4v) is 3.99. The number of halogens is 2. The number of anilines is 1. The highest BCUT2D eigenvalue weighted by atomic mass is 19.1. The molecule has 3 aromatic rings. The predicted octanol–water partition coefficient (Wildman–Crippen LogP) is 1.20. The van der Waals surface area contributed by atoms with E-state index in [0.717, 1.165) is 18.2 Å². The molecular weight excluding hydrogens is 436 g/mol. The lowest BCUT2D eigenvalue weighted by Crippen LogP contribution is -2.30. The van der Waals surface area contributed by atoms with Gasteiger partial charge in [0.2, 0.25) is 5.91 Å². The van der Waals surface area contributed by atoms with Crippen molar-refractivity contribution in [2.24, 2.45) is 5.92 Å². The highest BCUT2D eigenvalue weighted by Gasteiger charge is 2.38. The molecule has 0 aliphatic heterocycles. The number of amides is 2. The summed E-state index contributed by atoms with van der Waals surface area (Å²) in [5.74, 6) is -2.02. The van der Waals surface area contributed by atoms with Gasteiger partial charge in [0.15, 0.2) is 5.65 Å². The summed E-state index contributed by atoms with van der Waals surface area (Å²) in [6.45, 7) is -0.241. The minimum Gasteiger partial charge on any atom is -0.391 e. The van der Waals surface area contributed by atoms with Gasteiger partial charge in [0.1, 0.15) is 29.5 Å². The highest BCUT2D eigenvalue weighted by Crippen LogP contribution is 2.31. The lowest BCUT2D eigenvalue weighted by molar-refractivity contribution is -0.132. The van der Waals surface area contributed by atoms with Gasteiger partial charge in [0.25, 0.3) is 5.91 Å². The van der Waals surface area contributed by atoms with Crippen molar-refractivity contribution in [2.45, 2.75) is 31.5 Å². The van der Waals surface area contributed by atoms with Crippen LogP contribution in [0.25, 0.3) is 11.0 Å². The number of aliphatic hydroxyl groups is 1. The average Bonchev–Trinajstić information content (AvgIpc) is 3.38. The van der Waals surface area contributed by atoms with Crippen molar-refractivity contribution in [3.05, 3.63) is 47.4 Å². The second kappa shape index (κ2) is 9.06. The molecule has 2 heterocycles. The summed E-state index contributed by atoms with van der Waals surface area (Å²) < 4.78 is 27.3. The van der Waals surface area contributed by atoms with Crippen molar-refractivity contribution in [1.29, 1.82) is 0 Å². The minimum absolute atomic E-state index is 0.00699. The number of aliphatic hydroxyl groups excluding tert-OH is 1. The molecule has 0 bridgehead atoms. The Labute approximate surface area is 187 Å². The topological polar surface area (TPSA) is 136 Å². The molecule has 174 valence electrons. The smallest absolute Gasteiger partial charge is 0.270 e. The van der Waals surface area contributed by atoms with Gasteiger partial charge < -0.3 is 20.6 Å². The second-order valence-electron chi connectivity index (χ2n) is 8.16. The number of hydrogen-bond acceptors (Lipinski definition) is 7. The van der Waals surface area contributed by atoms with Crippen molar-refractivity contribution in [3.8, 4) is 0 Å². The van der Waals surface area contributed by atoms with Crippen LogP contribution < -0.4 is 10.6 Å². The summed E-state index contributed by atoms with van der Waals surface area (Å²) in [7, 11) is 3.32. The number of nitrogens with one attached hydrogen (secondary N) is 3. The van der Waals surface area contributed by atoms with E-state index in [1.807, 2.05) is 0 Å². The zero-order chi connectivity index (χ0) is 23.7. The number of nitrogens with zero attached hydrogens (tertiary/aromatic N) is 4. The van der Waals surface area contributed by atoms with Crippen LogP contribution in [-0.2, 0) is 11.3 Å². The Balaban J connectivity index is 1.54. The quantitative estimate of drug-likeness (QED) is 0.435. The summed E-state index contributed by atoms with van der Waals surface area (Å²) in [6.07, 6.45) is 1.17. The molecule has 0 saturated heterocycles. The van der Waals surface area contributed by atoms with Gasteiger partial charge in [0.05, 0.1) is 17.5 Å². The van der Waals surface area contributed by atoms with E-state index in [0.29, 0.717) is 12.8 Å². The second-order valence-corrected chi connectivity index (χ2v) is 8.16. The molecule has 0 spiro atoms. The number of benzene rings is 1. The maximum Gasteiger partial charge on any atom is 0.270 e. The molecule has 4 rings (SSSR count). The van der Waals surface area contributed by atoms with Crippen molar-refractivity contribution >= 4 is 28.7 Å². The highest BCUT2D eigenvalue weighted by molar-refractivity contribution is 6.07. The van der Waals surface area contributed by atoms with E-state index in [4.69, 9.17) is 0 Å². The number of fused-ring (bicyclic) bond motifs is 1. The van der Waals surface area contributed by atoms with Gasteiger partial charge in [-0.05, 0) is 31.0 Å². The van der Waals surface area contributed by atoms with Crippen LogP contribution in [0.1, 0.15) is 28.9 Å². The maximum atomic E-state index is 13.9. The summed E-state index contributed by atoms with van der Waals surface area (Å²) >= 11 is 0.